The van der Waals surface area contributed by atoms with E-state index in [4.69, 9.17) is 15.2 Å². The molecule has 0 bridgehead atoms. The molecule has 1 aromatic heterocycles. The standard InChI is InChI=1S/C13H20N4O3.ClH/c1-13(6-14)4-5-17(7-13)12(18)9-10(19-2)15-8-16-11(9)20-3;/h8H,4-7,14H2,1-3H3;1H. The van der Waals surface area contributed by atoms with Gasteiger partial charge in [-0.3, -0.25) is 4.79 Å². The maximum atomic E-state index is 12.7. The third-order valence-electron chi connectivity index (χ3n) is 3.72. The number of carbonyl (C=O) groups is 1. The molecule has 0 aliphatic carbocycles. The maximum absolute atomic E-state index is 12.7. The van der Waals surface area contributed by atoms with Crippen molar-refractivity contribution in [3.8, 4) is 11.8 Å². The first-order valence-corrected chi connectivity index (χ1v) is 6.47. The summed E-state index contributed by atoms with van der Waals surface area (Å²) in [5, 5.41) is 0. The van der Waals surface area contributed by atoms with Crippen LogP contribution in [-0.4, -0.2) is 54.6 Å². The molecule has 2 N–H and O–H groups in total. The normalized spacial score (nSPS) is 20.9. The second-order valence-corrected chi connectivity index (χ2v) is 5.26. The lowest BCUT2D eigenvalue weighted by Crippen LogP contribution is -2.35. The predicted molar refractivity (Wildman–Crippen MR) is 80.1 cm³/mol. The number of hydrogen-bond donors (Lipinski definition) is 1. The van der Waals surface area contributed by atoms with E-state index in [-0.39, 0.29) is 41.1 Å². The first kappa shape index (κ1) is 17.5. The Morgan fingerprint density at radius 1 is 1.38 bits per heavy atom. The van der Waals surface area contributed by atoms with E-state index in [0.717, 1.165) is 6.42 Å². The van der Waals surface area contributed by atoms with Crippen LogP contribution in [0.4, 0.5) is 0 Å². The Balaban J connectivity index is 0.00000220. The van der Waals surface area contributed by atoms with E-state index in [9.17, 15) is 4.79 Å². The van der Waals surface area contributed by atoms with E-state index >= 15 is 0 Å². The molecule has 1 atom stereocenters. The largest absolute Gasteiger partial charge is 0.480 e. The Labute approximate surface area is 130 Å². The summed E-state index contributed by atoms with van der Waals surface area (Å²) in [7, 11) is 2.93. The zero-order valence-corrected chi connectivity index (χ0v) is 13.3. The number of hydrogen-bond acceptors (Lipinski definition) is 6. The lowest BCUT2D eigenvalue weighted by atomic mass is 9.90. The summed E-state index contributed by atoms with van der Waals surface area (Å²) in [6, 6.07) is 0. The van der Waals surface area contributed by atoms with Crippen molar-refractivity contribution in [2.24, 2.45) is 11.1 Å². The van der Waals surface area contributed by atoms with Crippen LogP contribution in [0.2, 0.25) is 0 Å². The Bertz CT molecular complexity index is 492. The topological polar surface area (TPSA) is 90.6 Å². The molecule has 0 saturated carbocycles. The highest BCUT2D eigenvalue weighted by atomic mass is 35.5. The summed E-state index contributed by atoms with van der Waals surface area (Å²) in [5.41, 5.74) is 6.00. The zero-order valence-electron chi connectivity index (χ0n) is 12.5. The Morgan fingerprint density at radius 2 is 1.95 bits per heavy atom. The monoisotopic (exact) mass is 316 g/mol. The quantitative estimate of drug-likeness (QED) is 0.880. The van der Waals surface area contributed by atoms with Gasteiger partial charge in [-0.25, -0.2) is 9.97 Å². The van der Waals surface area contributed by atoms with Crippen molar-refractivity contribution in [1.82, 2.24) is 14.9 Å². The van der Waals surface area contributed by atoms with Gasteiger partial charge in [0.05, 0.1) is 14.2 Å². The molecular formula is C13H21ClN4O3. The zero-order chi connectivity index (χ0) is 14.8. The Morgan fingerprint density at radius 3 is 2.38 bits per heavy atom. The molecule has 1 amide bonds. The van der Waals surface area contributed by atoms with E-state index in [1.807, 2.05) is 0 Å². The minimum atomic E-state index is -0.184. The van der Waals surface area contributed by atoms with Gasteiger partial charge in [-0.15, -0.1) is 12.4 Å². The predicted octanol–water partition coefficient (Wildman–Crippen LogP) is 0.726. The van der Waals surface area contributed by atoms with E-state index < -0.39 is 0 Å². The van der Waals surface area contributed by atoms with Crippen molar-refractivity contribution in [2.45, 2.75) is 13.3 Å². The van der Waals surface area contributed by atoms with Crippen LogP contribution in [-0.2, 0) is 0 Å². The fraction of sp³-hybridized carbons (Fsp3) is 0.615. The van der Waals surface area contributed by atoms with Gasteiger partial charge in [-0.2, -0.15) is 0 Å². The van der Waals surface area contributed by atoms with Crippen LogP contribution >= 0.6 is 12.4 Å². The number of likely N-dealkylation sites (tertiary alicyclic amines) is 1. The van der Waals surface area contributed by atoms with Crippen molar-refractivity contribution in [3.05, 3.63) is 11.9 Å². The minimum absolute atomic E-state index is 0. The van der Waals surface area contributed by atoms with E-state index in [1.54, 1.807) is 4.90 Å². The molecule has 1 fully saturated rings. The van der Waals surface area contributed by atoms with Crippen molar-refractivity contribution in [3.63, 3.8) is 0 Å². The van der Waals surface area contributed by atoms with Gasteiger partial charge in [0.25, 0.3) is 5.91 Å². The number of rotatable bonds is 4. The molecule has 1 aliphatic rings. The van der Waals surface area contributed by atoms with Gasteiger partial charge in [-0.05, 0) is 18.4 Å². The summed E-state index contributed by atoms with van der Waals surface area (Å²) in [4.78, 5) is 22.3. The molecule has 2 rings (SSSR count). The average molecular weight is 317 g/mol. The molecular weight excluding hydrogens is 296 g/mol. The summed E-state index contributed by atoms with van der Waals surface area (Å²) < 4.78 is 10.3. The van der Waals surface area contributed by atoms with Gasteiger partial charge in [-0.1, -0.05) is 6.92 Å². The van der Waals surface area contributed by atoms with Crippen LogP contribution in [0.5, 0.6) is 11.8 Å². The molecule has 1 saturated heterocycles. The van der Waals surface area contributed by atoms with Gasteiger partial charge in [0.15, 0.2) is 5.56 Å². The van der Waals surface area contributed by atoms with Gasteiger partial charge in [0, 0.05) is 13.1 Å². The Kier molecular flexibility index (Phi) is 5.74. The smallest absolute Gasteiger partial charge is 0.264 e. The summed E-state index contributed by atoms with van der Waals surface area (Å²) >= 11 is 0. The molecule has 2 heterocycles. The summed E-state index contributed by atoms with van der Waals surface area (Å²) in [5.74, 6) is 0.267. The number of methoxy groups -OCH3 is 2. The lowest BCUT2D eigenvalue weighted by molar-refractivity contribution is 0.0768. The number of halogens is 1. The van der Waals surface area contributed by atoms with Gasteiger partial charge >= 0.3 is 0 Å². The highest BCUT2D eigenvalue weighted by molar-refractivity contribution is 5.98. The molecule has 0 spiro atoms. The van der Waals surface area contributed by atoms with Crippen molar-refractivity contribution in [1.29, 1.82) is 0 Å². The first-order chi connectivity index (χ1) is 9.54. The molecule has 1 unspecified atom stereocenters. The second-order valence-electron chi connectivity index (χ2n) is 5.26. The first-order valence-electron chi connectivity index (χ1n) is 6.47. The van der Waals surface area contributed by atoms with Crippen LogP contribution in [0.25, 0.3) is 0 Å². The van der Waals surface area contributed by atoms with Crippen LogP contribution in [0.15, 0.2) is 6.33 Å². The van der Waals surface area contributed by atoms with Crippen LogP contribution in [0.1, 0.15) is 23.7 Å². The molecule has 7 nitrogen and oxygen atoms in total. The summed E-state index contributed by atoms with van der Waals surface area (Å²) in [6.07, 6.45) is 2.19. The molecule has 21 heavy (non-hydrogen) atoms. The fourth-order valence-electron chi connectivity index (χ4n) is 2.37. The second kappa shape index (κ2) is 6.91. The highest BCUT2D eigenvalue weighted by Gasteiger charge is 2.37. The van der Waals surface area contributed by atoms with Crippen LogP contribution in [0, 0.1) is 5.41 Å². The number of aromatic nitrogens is 2. The van der Waals surface area contributed by atoms with Gasteiger partial charge in [0.2, 0.25) is 11.8 Å². The van der Waals surface area contributed by atoms with Gasteiger partial charge < -0.3 is 20.1 Å². The van der Waals surface area contributed by atoms with Crippen molar-refractivity contribution in [2.75, 3.05) is 33.9 Å². The molecule has 0 radical (unpaired) electrons. The minimum Gasteiger partial charge on any atom is -0.480 e. The number of amides is 1. The maximum Gasteiger partial charge on any atom is 0.264 e. The van der Waals surface area contributed by atoms with E-state index in [1.165, 1.54) is 20.5 Å². The number of ether oxygens (including phenoxy) is 2. The Hall–Kier alpha value is -1.60. The molecule has 1 aliphatic heterocycles. The molecule has 8 heteroatoms. The van der Waals surface area contributed by atoms with Crippen molar-refractivity contribution >= 4 is 18.3 Å². The van der Waals surface area contributed by atoms with Crippen LogP contribution in [0.3, 0.4) is 0 Å². The van der Waals surface area contributed by atoms with Gasteiger partial charge in [0.1, 0.15) is 6.33 Å². The van der Waals surface area contributed by atoms with Crippen molar-refractivity contribution < 1.29 is 14.3 Å². The SMILES string of the molecule is COc1ncnc(OC)c1C(=O)N1CCC(C)(CN)C1.Cl. The van der Waals surface area contributed by atoms with E-state index in [0.29, 0.717) is 19.6 Å². The van der Waals surface area contributed by atoms with Crippen LogP contribution < -0.4 is 15.2 Å². The number of nitrogens with zero attached hydrogens (tertiary/aromatic N) is 3. The molecule has 118 valence electrons. The van der Waals surface area contributed by atoms with E-state index in [2.05, 4.69) is 16.9 Å². The fourth-order valence-corrected chi connectivity index (χ4v) is 2.37. The summed E-state index contributed by atoms with van der Waals surface area (Å²) in [6.45, 7) is 3.91. The lowest BCUT2D eigenvalue weighted by Gasteiger charge is -2.23. The average Bonchev–Trinajstić information content (AvgIpc) is 2.88. The third kappa shape index (κ3) is 3.36. The number of nitrogens with two attached hydrogens (primary N) is 1. The molecule has 0 aromatic carbocycles. The third-order valence-corrected chi connectivity index (χ3v) is 3.72. The molecule has 1 aromatic rings. The number of carbonyl (C=O) groups excluding carboxylic acids is 1. The highest BCUT2D eigenvalue weighted by Crippen LogP contribution is 2.32.